The van der Waals surface area contributed by atoms with Gasteiger partial charge in [-0.15, -0.1) is 11.3 Å². The maximum absolute atomic E-state index is 2.97. The first kappa shape index (κ1) is 33.2. The molecule has 4 heteroatoms. The molecule has 0 aliphatic rings. The van der Waals surface area contributed by atoms with Crippen LogP contribution in [0.25, 0.3) is 75.2 Å². The Morgan fingerprint density at radius 1 is 0.310 bits per heavy atom. The summed E-state index contributed by atoms with van der Waals surface area (Å²) >= 11 is 1.88. The largest absolute Gasteiger partial charge is 0.309 e. The molecule has 3 aromatic heterocycles. The van der Waals surface area contributed by atoms with Crippen molar-refractivity contribution >= 4 is 104 Å². The molecule has 9 aromatic carbocycles. The van der Waals surface area contributed by atoms with Gasteiger partial charge in [0.25, 0.3) is 0 Å². The van der Waals surface area contributed by atoms with Gasteiger partial charge in [0.15, 0.2) is 8.07 Å². The van der Waals surface area contributed by atoms with Crippen LogP contribution in [0.15, 0.2) is 218 Å². The number of para-hydroxylation sites is 3. The Hall–Kier alpha value is -6.98. The number of hydrogen-bond donors (Lipinski definition) is 0. The average Bonchev–Trinajstić information content (AvgIpc) is 3.95. The lowest BCUT2D eigenvalue weighted by molar-refractivity contribution is 1.18. The molecule has 0 aliphatic carbocycles. The Balaban J connectivity index is 1.18. The Morgan fingerprint density at radius 2 is 0.759 bits per heavy atom. The second kappa shape index (κ2) is 13.0. The van der Waals surface area contributed by atoms with Crippen molar-refractivity contribution in [2.45, 2.75) is 0 Å². The van der Waals surface area contributed by atoms with Crippen LogP contribution in [0.1, 0.15) is 0 Å². The fourth-order valence-electron chi connectivity index (χ4n) is 9.87. The van der Waals surface area contributed by atoms with Gasteiger partial charge in [0.05, 0.1) is 22.1 Å². The van der Waals surface area contributed by atoms with Crippen molar-refractivity contribution in [2.24, 2.45) is 0 Å². The molecule has 58 heavy (non-hydrogen) atoms. The molecule has 0 radical (unpaired) electrons. The van der Waals surface area contributed by atoms with Crippen LogP contribution < -0.4 is 20.7 Å². The van der Waals surface area contributed by atoms with Crippen molar-refractivity contribution in [2.75, 3.05) is 0 Å². The second-order valence-corrected chi connectivity index (χ2v) is 20.1. The van der Waals surface area contributed by atoms with Crippen LogP contribution in [0, 0.1) is 0 Å². The summed E-state index contributed by atoms with van der Waals surface area (Å²) in [5.74, 6) is 0. The van der Waals surface area contributed by atoms with E-state index in [1.54, 1.807) is 0 Å². The summed E-state index contributed by atoms with van der Waals surface area (Å²) in [6, 6.07) is 81.6. The molecule has 0 saturated carbocycles. The quantitative estimate of drug-likeness (QED) is 0.118. The van der Waals surface area contributed by atoms with E-state index < -0.39 is 8.07 Å². The first-order chi connectivity index (χ1) is 28.8. The van der Waals surface area contributed by atoms with Crippen molar-refractivity contribution in [3.05, 3.63) is 218 Å². The highest BCUT2D eigenvalue weighted by atomic mass is 32.1. The number of nitrogens with zero attached hydrogens (tertiary/aromatic N) is 2. The van der Waals surface area contributed by atoms with Crippen molar-refractivity contribution in [3.63, 3.8) is 0 Å². The molecule has 12 aromatic rings. The van der Waals surface area contributed by atoms with Gasteiger partial charge < -0.3 is 9.13 Å². The second-order valence-electron chi connectivity index (χ2n) is 15.2. The van der Waals surface area contributed by atoms with Gasteiger partial charge in [-0.25, -0.2) is 0 Å². The van der Waals surface area contributed by atoms with Gasteiger partial charge in [0.2, 0.25) is 0 Å². The zero-order valence-electron chi connectivity index (χ0n) is 31.6. The van der Waals surface area contributed by atoms with Crippen LogP contribution in [0.2, 0.25) is 0 Å². The minimum Gasteiger partial charge on any atom is -0.309 e. The van der Waals surface area contributed by atoms with Gasteiger partial charge in [-0.05, 0) is 75.3 Å². The van der Waals surface area contributed by atoms with Crippen LogP contribution in [-0.4, -0.2) is 17.2 Å². The Bertz CT molecular complexity index is 3430. The number of aromatic nitrogens is 2. The van der Waals surface area contributed by atoms with E-state index in [4.69, 9.17) is 0 Å². The van der Waals surface area contributed by atoms with Crippen molar-refractivity contribution in [1.82, 2.24) is 9.13 Å². The highest BCUT2D eigenvalue weighted by Crippen LogP contribution is 2.43. The minimum atomic E-state index is -2.97. The molecule has 0 bridgehead atoms. The number of thiophene rings is 1. The lowest BCUT2D eigenvalue weighted by atomic mass is 10.1. The smallest absolute Gasteiger partial charge is 0.179 e. The van der Waals surface area contributed by atoms with Crippen molar-refractivity contribution in [1.29, 1.82) is 0 Å². The molecule has 3 heterocycles. The van der Waals surface area contributed by atoms with Gasteiger partial charge in [-0.2, -0.15) is 0 Å². The lowest BCUT2D eigenvalue weighted by Gasteiger charge is -2.35. The summed E-state index contributed by atoms with van der Waals surface area (Å²) < 4.78 is 7.62. The third-order valence-electron chi connectivity index (χ3n) is 12.2. The fourth-order valence-corrected chi connectivity index (χ4v) is 15.8. The maximum atomic E-state index is 2.54. The fraction of sp³-hybridized carbons (Fsp3) is 0. The van der Waals surface area contributed by atoms with Gasteiger partial charge in [-0.3, -0.25) is 0 Å². The summed E-state index contributed by atoms with van der Waals surface area (Å²) in [6.45, 7) is 0. The summed E-state index contributed by atoms with van der Waals surface area (Å²) in [5.41, 5.74) is 7.27. The average molecular weight is 773 g/mol. The maximum Gasteiger partial charge on any atom is 0.179 e. The summed E-state index contributed by atoms with van der Waals surface area (Å²) in [5, 5.41) is 13.1. The summed E-state index contributed by atoms with van der Waals surface area (Å²) in [4.78, 5) is 0. The van der Waals surface area contributed by atoms with Crippen LogP contribution >= 0.6 is 11.3 Å². The van der Waals surface area contributed by atoms with Crippen LogP contribution in [0.3, 0.4) is 0 Å². The van der Waals surface area contributed by atoms with E-state index in [0.29, 0.717) is 0 Å². The molecule has 0 unspecified atom stereocenters. The third-order valence-corrected chi connectivity index (χ3v) is 18.1. The van der Waals surface area contributed by atoms with Crippen molar-refractivity contribution in [3.8, 4) is 11.4 Å². The zero-order valence-corrected chi connectivity index (χ0v) is 33.4. The van der Waals surface area contributed by atoms with Crippen LogP contribution in [-0.2, 0) is 0 Å². The standard InChI is InChI=1S/C54H36N2SSi/c1-3-19-39(20-4-1)58(40-21-5-2-6-22-40,41-23-15-17-37(35-41)55-48-29-11-7-25-43(48)44-26-8-12-30-49(44)55)42-24-16-18-38(36-42)56-50-31-13-9-27-45(50)46-33-34-52-53(54(46)56)47-28-10-14-32-51(47)57-52/h1-36H. The predicted molar refractivity (Wildman–Crippen MR) is 252 cm³/mol. The molecule has 0 fully saturated rings. The number of hydrogen-bond acceptors (Lipinski definition) is 1. The highest BCUT2D eigenvalue weighted by Gasteiger charge is 2.42. The SMILES string of the molecule is c1ccc([Si](c2ccccc2)(c2cccc(-n3c4ccccc4c4ccccc43)c2)c2cccc(-n3c4ccccc4c4ccc5sc6ccccc6c5c43)c2)cc1. The number of rotatable bonds is 6. The molecular weight excluding hydrogens is 737 g/mol. The molecule has 0 aliphatic heterocycles. The summed E-state index contributed by atoms with van der Waals surface area (Å²) in [6.07, 6.45) is 0. The van der Waals surface area contributed by atoms with Gasteiger partial charge in [0, 0.05) is 53.1 Å². The molecule has 2 nitrogen and oxygen atoms in total. The first-order valence-electron chi connectivity index (χ1n) is 19.9. The molecular formula is C54H36N2SSi. The van der Waals surface area contributed by atoms with E-state index in [2.05, 4.69) is 228 Å². The van der Waals surface area contributed by atoms with Gasteiger partial charge in [0.1, 0.15) is 0 Å². The van der Waals surface area contributed by atoms with Crippen LogP contribution in [0.4, 0.5) is 0 Å². The highest BCUT2D eigenvalue weighted by molar-refractivity contribution is 7.26. The van der Waals surface area contributed by atoms with Crippen molar-refractivity contribution < 1.29 is 0 Å². The van der Waals surface area contributed by atoms with Crippen LogP contribution in [0.5, 0.6) is 0 Å². The topological polar surface area (TPSA) is 9.86 Å². The zero-order chi connectivity index (χ0) is 38.2. The molecule has 0 spiro atoms. The van der Waals surface area contributed by atoms with Gasteiger partial charge >= 0.3 is 0 Å². The van der Waals surface area contributed by atoms with Gasteiger partial charge in [-0.1, -0.05) is 164 Å². The van der Waals surface area contributed by atoms with E-state index in [-0.39, 0.29) is 0 Å². The molecule has 0 N–H and O–H groups in total. The number of fused-ring (bicyclic) bond motifs is 10. The molecule has 0 atom stereocenters. The minimum absolute atomic E-state index is 1.17. The Morgan fingerprint density at radius 3 is 1.34 bits per heavy atom. The first-order valence-corrected chi connectivity index (χ1v) is 22.8. The molecule has 0 saturated heterocycles. The Labute approximate surface area is 341 Å². The van der Waals surface area contributed by atoms with E-state index in [9.17, 15) is 0 Å². The van der Waals surface area contributed by atoms with E-state index in [1.165, 1.54) is 95.9 Å². The third kappa shape index (κ3) is 4.76. The summed E-state index contributed by atoms with van der Waals surface area (Å²) in [7, 11) is -2.97. The van der Waals surface area contributed by atoms with E-state index >= 15 is 0 Å². The molecule has 0 amide bonds. The molecule has 12 rings (SSSR count). The van der Waals surface area contributed by atoms with E-state index in [1.807, 2.05) is 11.3 Å². The Kier molecular flexibility index (Phi) is 7.46. The monoisotopic (exact) mass is 772 g/mol. The lowest BCUT2D eigenvalue weighted by Crippen LogP contribution is -2.74. The normalized spacial score (nSPS) is 12.1. The predicted octanol–water partition coefficient (Wildman–Crippen LogP) is 11.6. The van der Waals surface area contributed by atoms with E-state index in [0.717, 1.165) is 0 Å². The number of benzene rings is 9. The molecule has 272 valence electrons.